The predicted octanol–water partition coefficient (Wildman–Crippen LogP) is 5.23. The maximum absolute atomic E-state index is 11.9. The molecule has 102 valence electrons. The summed E-state index contributed by atoms with van der Waals surface area (Å²) in [7, 11) is 0. The molecule has 0 heterocycles. The first-order valence-electron chi connectivity index (χ1n) is 6.74. The van der Waals surface area contributed by atoms with E-state index in [1.165, 1.54) is 10.5 Å². The summed E-state index contributed by atoms with van der Waals surface area (Å²) in [5.74, 6) is 1.48. The van der Waals surface area contributed by atoms with Gasteiger partial charge >= 0.3 is 0 Å². The van der Waals surface area contributed by atoms with E-state index < -0.39 is 0 Å². The van der Waals surface area contributed by atoms with Crippen molar-refractivity contribution in [2.24, 2.45) is 5.92 Å². The quantitative estimate of drug-likeness (QED) is 0.556. The Morgan fingerprint density at radius 3 is 2.55 bits per heavy atom. The Morgan fingerprint density at radius 1 is 1.15 bits per heavy atom. The Morgan fingerprint density at radius 2 is 1.90 bits per heavy atom. The number of hydrogen-bond acceptors (Lipinski definition) is 2. The van der Waals surface area contributed by atoms with E-state index in [1.807, 2.05) is 42.5 Å². The fraction of sp³-hybridized carbons (Fsp3) is 0.235. The maximum atomic E-state index is 11.9. The van der Waals surface area contributed by atoms with Gasteiger partial charge < -0.3 is 0 Å². The topological polar surface area (TPSA) is 17.1 Å². The lowest BCUT2D eigenvalue weighted by atomic mass is 10.1. The second-order valence-corrected chi connectivity index (χ2v) is 6.57. The van der Waals surface area contributed by atoms with Crippen molar-refractivity contribution >= 4 is 29.1 Å². The lowest BCUT2D eigenvalue weighted by molar-refractivity contribution is 0.0967. The van der Waals surface area contributed by atoms with Crippen molar-refractivity contribution in [2.45, 2.75) is 23.5 Å². The Kier molecular flexibility index (Phi) is 4.13. The summed E-state index contributed by atoms with van der Waals surface area (Å²) < 4.78 is 0. The van der Waals surface area contributed by atoms with E-state index in [0.29, 0.717) is 11.7 Å². The molecule has 0 aromatic heterocycles. The molecule has 1 aliphatic rings. The number of benzene rings is 2. The van der Waals surface area contributed by atoms with Crippen LogP contribution in [0.5, 0.6) is 0 Å². The van der Waals surface area contributed by atoms with Crippen molar-refractivity contribution in [3.8, 4) is 0 Å². The van der Waals surface area contributed by atoms with Gasteiger partial charge in [-0.3, -0.25) is 4.79 Å². The molecular formula is C17H15ClOS. The summed E-state index contributed by atoms with van der Waals surface area (Å²) in [6, 6.07) is 15.9. The van der Waals surface area contributed by atoms with E-state index in [0.717, 1.165) is 29.2 Å². The highest BCUT2D eigenvalue weighted by molar-refractivity contribution is 7.98. The normalized spacial score (nSPS) is 14.2. The lowest BCUT2D eigenvalue weighted by Crippen LogP contribution is -2.00. The van der Waals surface area contributed by atoms with Crippen LogP contribution >= 0.6 is 23.4 Å². The first kappa shape index (κ1) is 13.7. The standard InChI is InChI=1S/C17H15ClOS/c18-15-3-1-2-12(10-15)11-20-16-8-6-14(7-9-16)17(19)13-4-5-13/h1-3,6-10,13H,4-5,11H2. The number of thioether (sulfide) groups is 1. The van der Waals surface area contributed by atoms with Crippen molar-refractivity contribution in [2.75, 3.05) is 0 Å². The highest BCUT2D eigenvalue weighted by Crippen LogP contribution is 2.33. The maximum Gasteiger partial charge on any atom is 0.165 e. The first-order valence-corrected chi connectivity index (χ1v) is 8.10. The second-order valence-electron chi connectivity index (χ2n) is 5.08. The van der Waals surface area contributed by atoms with Gasteiger partial charge in [0.2, 0.25) is 0 Å². The van der Waals surface area contributed by atoms with Crippen LogP contribution in [-0.2, 0) is 5.75 Å². The van der Waals surface area contributed by atoms with Crippen LogP contribution in [0.25, 0.3) is 0 Å². The summed E-state index contributed by atoms with van der Waals surface area (Å²) >= 11 is 7.73. The van der Waals surface area contributed by atoms with Gasteiger partial charge in [0.05, 0.1) is 0 Å². The van der Waals surface area contributed by atoms with Gasteiger partial charge in [-0.25, -0.2) is 0 Å². The summed E-state index contributed by atoms with van der Waals surface area (Å²) in [5.41, 5.74) is 2.06. The number of carbonyl (C=O) groups excluding carboxylic acids is 1. The zero-order valence-electron chi connectivity index (χ0n) is 11.0. The van der Waals surface area contributed by atoms with Crippen molar-refractivity contribution in [1.82, 2.24) is 0 Å². The van der Waals surface area contributed by atoms with Gasteiger partial charge in [-0.2, -0.15) is 0 Å². The van der Waals surface area contributed by atoms with Crippen LogP contribution in [0.15, 0.2) is 53.4 Å². The molecule has 0 atom stereocenters. The summed E-state index contributed by atoms with van der Waals surface area (Å²) in [6.07, 6.45) is 2.12. The van der Waals surface area contributed by atoms with Gasteiger partial charge in [0.15, 0.2) is 5.78 Å². The SMILES string of the molecule is O=C(c1ccc(SCc2cccc(Cl)c2)cc1)C1CC1. The molecule has 1 aliphatic carbocycles. The van der Waals surface area contributed by atoms with E-state index in [2.05, 4.69) is 6.07 Å². The summed E-state index contributed by atoms with van der Waals surface area (Å²) in [5, 5.41) is 0.772. The van der Waals surface area contributed by atoms with Crippen LogP contribution in [-0.4, -0.2) is 5.78 Å². The second kappa shape index (κ2) is 6.02. The molecule has 0 bridgehead atoms. The number of carbonyl (C=O) groups is 1. The van der Waals surface area contributed by atoms with Crippen LogP contribution in [0.1, 0.15) is 28.8 Å². The highest BCUT2D eigenvalue weighted by atomic mass is 35.5. The van der Waals surface area contributed by atoms with Crippen LogP contribution in [0.4, 0.5) is 0 Å². The summed E-state index contributed by atoms with van der Waals surface area (Å²) in [4.78, 5) is 13.1. The highest BCUT2D eigenvalue weighted by Gasteiger charge is 2.30. The van der Waals surface area contributed by atoms with Crippen LogP contribution in [0, 0.1) is 5.92 Å². The van der Waals surface area contributed by atoms with Gasteiger partial charge in [-0.05, 0) is 42.7 Å². The molecule has 1 nitrogen and oxygen atoms in total. The third-order valence-corrected chi connectivity index (χ3v) is 4.70. The van der Waals surface area contributed by atoms with Gasteiger partial charge in [-0.1, -0.05) is 35.9 Å². The minimum Gasteiger partial charge on any atom is -0.294 e. The predicted molar refractivity (Wildman–Crippen MR) is 84.5 cm³/mol. The zero-order chi connectivity index (χ0) is 13.9. The van der Waals surface area contributed by atoms with E-state index in [-0.39, 0.29) is 0 Å². The molecule has 2 aromatic rings. The van der Waals surface area contributed by atoms with Gasteiger partial charge in [0.25, 0.3) is 0 Å². The first-order chi connectivity index (χ1) is 9.72. The molecule has 2 aromatic carbocycles. The van der Waals surface area contributed by atoms with Crippen LogP contribution in [0.2, 0.25) is 5.02 Å². The average Bonchev–Trinajstić information content (AvgIpc) is 3.30. The van der Waals surface area contributed by atoms with Gasteiger partial charge in [-0.15, -0.1) is 11.8 Å². The molecule has 0 amide bonds. The molecule has 1 saturated carbocycles. The van der Waals surface area contributed by atoms with Gasteiger partial charge in [0, 0.05) is 27.2 Å². The average molecular weight is 303 g/mol. The third-order valence-electron chi connectivity index (χ3n) is 3.38. The Hall–Kier alpha value is -1.25. The number of ketones is 1. The molecule has 0 unspecified atom stereocenters. The van der Waals surface area contributed by atoms with Crippen LogP contribution in [0.3, 0.4) is 0 Å². The Bertz CT molecular complexity index is 617. The largest absolute Gasteiger partial charge is 0.294 e. The van der Waals surface area contributed by atoms with Gasteiger partial charge in [0.1, 0.15) is 0 Å². The van der Waals surface area contributed by atoms with Crippen molar-refractivity contribution in [3.63, 3.8) is 0 Å². The molecule has 20 heavy (non-hydrogen) atoms. The van der Waals surface area contributed by atoms with E-state index >= 15 is 0 Å². The van der Waals surface area contributed by atoms with Crippen molar-refractivity contribution in [3.05, 3.63) is 64.7 Å². The molecule has 3 heteroatoms. The monoisotopic (exact) mass is 302 g/mol. The molecular weight excluding hydrogens is 288 g/mol. The molecule has 0 radical (unpaired) electrons. The van der Waals surface area contributed by atoms with E-state index in [4.69, 9.17) is 11.6 Å². The minimum absolute atomic E-state index is 0.292. The minimum atomic E-state index is 0.292. The zero-order valence-corrected chi connectivity index (χ0v) is 12.6. The van der Waals surface area contributed by atoms with E-state index in [9.17, 15) is 4.79 Å². The molecule has 0 aliphatic heterocycles. The molecule has 3 rings (SSSR count). The van der Waals surface area contributed by atoms with Crippen LogP contribution < -0.4 is 0 Å². The fourth-order valence-corrected chi connectivity index (χ4v) is 3.14. The fourth-order valence-electron chi connectivity index (χ4n) is 2.09. The number of halogens is 1. The molecule has 0 spiro atoms. The third kappa shape index (κ3) is 3.44. The molecule has 0 N–H and O–H groups in total. The number of Topliss-reactive ketones (excluding diaryl/α,β-unsaturated/α-hetero) is 1. The van der Waals surface area contributed by atoms with Crippen molar-refractivity contribution < 1.29 is 4.79 Å². The molecule has 0 saturated heterocycles. The Labute approximate surface area is 128 Å². The Balaban J connectivity index is 1.62. The smallest absolute Gasteiger partial charge is 0.165 e. The van der Waals surface area contributed by atoms with Crippen molar-refractivity contribution in [1.29, 1.82) is 0 Å². The number of rotatable bonds is 5. The van der Waals surface area contributed by atoms with E-state index in [1.54, 1.807) is 11.8 Å². The molecule has 1 fully saturated rings. The summed E-state index contributed by atoms with van der Waals surface area (Å²) in [6.45, 7) is 0. The lowest BCUT2D eigenvalue weighted by Gasteiger charge is -2.04. The number of hydrogen-bond donors (Lipinski definition) is 0.